The van der Waals surface area contributed by atoms with Crippen molar-refractivity contribution in [2.75, 3.05) is 25.4 Å². The van der Waals surface area contributed by atoms with Crippen LogP contribution in [0.4, 0.5) is 13.2 Å². The van der Waals surface area contributed by atoms with Gasteiger partial charge in [0.1, 0.15) is 23.9 Å². The minimum Gasteiger partial charge on any atom is -0.508 e. The number of amides is 7. The second-order valence-electron chi connectivity index (χ2n) is 14.1. The van der Waals surface area contributed by atoms with E-state index in [1.54, 1.807) is 35.6 Å². The van der Waals surface area contributed by atoms with Gasteiger partial charge in [-0.05, 0) is 61.4 Å². The monoisotopic (exact) mass is 866 g/mol. The highest BCUT2D eigenvalue weighted by atomic mass is 32.2. The number of thioether (sulfide) groups is 1. The van der Waals surface area contributed by atoms with E-state index in [1.165, 1.54) is 24.3 Å². The van der Waals surface area contributed by atoms with Gasteiger partial charge in [0.15, 0.2) is 0 Å². The van der Waals surface area contributed by atoms with E-state index in [2.05, 4.69) is 26.6 Å². The zero-order valence-corrected chi connectivity index (χ0v) is 34.1. The lowest BCUT2D eigenvalue weighted by Gasteiger charge is -2.24. The van der Waals surface area contributed by atoms with E-state index in [0.29, 0.717) is 17.5 Å². The average molecular weight is 867 g/mol. The number of hydrogen-bond donors (Lipinski definition) is 9. The van der Waals surface area contributed by atoms with Gasteiger partial charge in [0.2, 0.25) is 40.6 Å². The average Bonchev–Trinajstić information content (AvgIpc) is 3.18. The lowest BCUT2D eigenvalue weighted by molar-refractivity contribution is -0.174. The van der Waals surface area contributed by atoms with Crippen LogP contribution in [-0.2, 0) is 51.2 Å². The fourth-order valence-electron chi connectivity index (χ4n) is 5.50. The number of nitrogens with one attached hydrogen (secondary N) is 6. The highest BCUT2D eigenvalue weighted by Crippen LogP contribution is 2.17. The highest BCUT2D eigenvalue weighted by molar-refractivity contribution is 8.13. The Hall–Kier alpha value is -5.70. The molecule has 0 spiro atoms. The van der Waals surface area contributed by atoms with Crippen molar-refractivity contribution in [2.24, 2.45) is 17.4 Å². The van der Waals surface area contributed by atoms with Crippen molar-refractivity contribution in [3.63, 3.8) is 0 Å². The number of phenolic OH excluding ortho intramolecular Hbond substituents is 1. The van der Waals surface area contributed by atoms with Crippen LogP contribution in [-0.4, -0.2) is 107 Å². The molecule has 0 heterocycles. The van der Waals surface area contributed by atoms with Gasteiger partial charge in [0.05, 0.1) is 19.1 Å². The minimum absolute atomic E-state index is 0.0115. The zero-order valence-electron chi connectivity index (χ0n) is 33.3. The van der Waals surface area contributed by atoms with Crippen LogP contribution in [0, 0.1) is 5.92 Å². The van der Waals surface area contributed by atoms with Gasteiger partial charge in [-0.3, -0.25) is 38.4 Å². The molecule has 0 aliphatic carbocycles. The topological polar surface area (TPSA) is 281 Å². The summed E-state index contributed by atoms with van der Waals surface area (Å²) in [5.41, 5.74) is 11.7. The van der Waals surface area contributed by atoms with Gasteiger partial charge in [-0.2, -0.15) is 13.2 Å². The third kappa shape index (κ3) is 19.8. The number of rotatable bonds is 25. The molecule has 2 aromatic rings. The van der Waals surface area contributed by atoms with Crippen molar-refractivity contribution in [1.82, 2.24) is 31.9 Å². The number of aromatic hydroxyl groups is 1. The third-order valence-electron chi connectivity index (χ3n) is 8.54. The molecule has 11 N–H and O–H groups in total. The van der Waals surface area contributed by atoms with Crippen LogP contribution in [0.2, 0.25) is 0 Å². The molecule has 0 radical (unpaired) electrons. The summed E-state index contributed by atoms with van der Waals surface area (Å²) in [6, 6.07) is 8.82. The van der Waals surface area contributed by atoms with Crippen LogP contribution in [0.25, 0.3) is 0 Å². The molecule has 0 aliphatic heterocycles. The summed E-state index contributed by atoms with van der Waals surface area (Å²) in [6.45, 7) is 2.50. The number of alkyl halides is 3. The highest BCUT2D eigenvalue weighted by Gasteiger charge is 2.41. The van der Waals surface area contributed by atoms with Crippen molar-refractivity contribution in [1.29, 1.82) is 0 Å². The molecule has 0 saturated heterocycles. The normalized spacial score (nSPS) is 13.2. The number of carbonyl (C=O) groups excluding carboxylic acids is 8. The predicted octanol–water partition coefficient (Wildman–Crippen LogP) is 0.222. The standard InChI is InChI=1S/C39H53F3N8O9S/c1-23(2)18-30(37(58)60-17-15-31(44)52)49-36(57)29(19-24-8-4-3-5-9-24)47-33(54)22-45-32(53)21-46-34(55)28(20-25-11-13-26(51)14-12-25)48-35(56)27(10-6-7-16-43)50-38(59)39(40,41)42/h3-5,8-9,11-14,23,27-30,51H,6-7,10,15-22,43H2,1-2H3,(H2,44,52)(H,45,53)(H,46,55)(H,47,54)(H,48,56)(H,49,57)(H,50,59)/t27-,28-,29-,30-/m0/s1. The number of phenols is 1. The predicted molar refractivity (Wildman–Crippen MR) is 215 cm³/mol. The van der Waals surface area contributed by atoms with E-state index < -0.39 is 89.9 Å². The molecule has 2 aromatic carbocycles. The maximum atomic E-state index is 13.6. The van der Waals surface area contributed by atoms with E-state index in [1.807, 2.05) is 13.8 Å². The molecule has 0 unspecified atom stereocenters. The molecule has 2 rings (SSSR count). The Labute approximate surface area is 349 Å². The molecule has 4 atom stereocenters. The summed E-state index contributed by atoms with van der Waals surface area (Å²) < 4.78 is 39.2. The zero-order chi connectivity index (χ0) is 44.8. The van der Waals surface area contributed by atoms with E-state index >= 15 is 0 Å². The van der Waals surface area contributed by atoms with Crippen LogP contribution < -0.4 is 43.4 Å². The first-order valence-electron chi connectivity index (χ1n) is 19.1. The van der Waals surface area contributed by atoms with Crippen LogP contribution in [0.3, 0.4) is 0 Å². The third-order valence-corrected chi connectivity index (χ3v) is 9.52. The van der Waals surface area contributed by atoms with E-state index in [9.17, 15) is 56.6 Å². The minimum atomic E-state index is -5.29. The van der Waals surface area contributed by atoms with E-state index in [-0.39, 0.29) is 62.5 Å². The summed E-state index contributed by atoms with van der Waals surface area (Å²) in [5, 5.41) is 23.1. The SMILES string of the molecule is CC(C)C[C@H](NC(=O)[C@H](Cc1ccccc1)NC(=O)CNC(=O)CNC(=O)[C@H](Cc1ccc(O)cc1)NC(=O)[C@H](CCCCN)NC(=O)C(F)(F)F)C(=O)SCCC(N)=O. The molecule has 60 heavy (non-hydrogen) atoms. The second kappa shape index (κ2) is 25.7. The quantitative estimate of drug-likeness (QED) is 0.0609. The number of unbranched alkanes of at least 4 members (excludes halogenated alkanes) is 1. The van der Waals surface area contributed by atoms with E-state index in [0.717, 1.165) is 11.8 Å². The van der Waals surface area contributed by atoms with Gasteiger partial charge in [0.25, 0.3) is 0 Å². The largest absolute Gasteiger partial charge is 0.508 e. The van der Waals surface area contributed by atoms with Crippen molar-refractivity contribution >= 4 is 58.2 Å². The van der Waals surface area contributed by atoms with Crippen LogP contribution in [0.1, 0.15) is 57.1 Å². The fourth-order valence-corrected chi connectivity index (χ4v) is 6.36. The van der Waals surface area contributed by atoms with Crippen molar-refractivity contribution in [3.8, 4) is 5.75 Å². The molecule has 330 valence electrons. The smallest absolute Gasteiger partial charge is 0.471 e. The van der Waals surface area contributed by atoms with Crippen LogP contribution in [0.5, 0.6) is 5.75 Å². The fraction of sp³-hybridized carbons (Fsp3) is 0.487. The Balaban J connectivity index is 2.13. The van der Waals surface area contributed by atoms with Gasteiger partial charge in [-0.15, -0.1) is 0 Å². The molecular weight excluding hydrogens is 814 g/mol. The summed E-state index contributed by atoms with van der Waals surface area (Å²) in [7, 11) is 0. The van der Waals surface area contributed by atoms with Crippen molar-refractivity contribution in [2.45, 2.75) is 89.1 Å². The van der Waals surface area contributed by atoms with E-state index in [4.69, 9.17) is 11.5 Å². The van der Waals surface area contributed by atoms with Crippen LogP contribution in [0.15, 0.2) is 54.6 Å². The first kappa shape index (κ1) is 50.4. The summed E-state index contributed by atoms with van der Waals surface area (Å²) >= 11 is 0.852. The number of hydrogen-bond acceptors (Lipinski definition) is 11. The van der Waals surface area contributed by atoms with Gasteiger partial charge in [0, 0.05) is 25.0 Å². The molecule has 21 heteroatoms. The van der Waals surface area contributed by atoms with Crippen molar-refractivity contribution < 1.29 is 56.6 Å². The van der Waals surface area contributed by atoms with Crippen LogP contribution >= 0.6 is 11.8 Å². The number of halogens is 3. The summed E-state index contributed by atoms with van der Waals surface area (Å²) in [5.74, 6) is -7.35. The van der Waals surface area contributed by atoms with Crippen molar-refractivity contribution in [3.05, 3.63) is 65.7 Å². The molecule has 0 aromatic heterocycles. The summed E-state index contributed by atoms with van der Waals surface area (Å²) in [6.07, 6.45) is -5.02. The van der Waals surface area contributed by atoms with Gasteiger partial charge in [-0.25, -0.2) is 0 Å². The molecule has 0 aliphatic rings. The summed E-state index contributed by atoms with van der Waals surface area (Å²) in [4.78, 5) is 102. The first-order valence-corrected chi connectivity index (χ1v) is 20.1. The second-order valence-corrected chi connectivity index (χ2v) is 15.2. The Kier molecular flexibility index (Phi) is 21.6. The molecule has 0 fully saturated rings. The molecule has 0 bridgehead atoms. The number of nitrogens with two attached hydrogens (primary N) is 2. The molecule has 17 nitrogen and oxygen atoms in total. The Morgan fingerprint density at radius 3 is 1.85 bits per heavy atom. The number of primary amides is 1. The number of carbonyl (C=O) groups is 8. The first-order chi connectivity index (χ1) is 28.3. The maximum absolute atomic E-state index is 13.6. The van der Waals surface area contributed by atoms with Gasteiger partial charge >= 0.3 is 12.1 Å². The van der Waals surface area contributed by atoms with Gasteiger partial charge in [-0.1, -0.05) is 68.1 Å². The van der Waals surface area contributed by atoms with Gasteiger partial charge < -0.3 is 48.5 Å². The lowest BCUT2D eigenvalue weighted by Crippen LogP contribution is -2.56. The Morgan fingerprint density at radius 1 is 0.700 bits per heavy atom. The maximum Gasteiger partial charge on any atom is 0.471 e. The molecule has 0 saturated carbocycles. The lowest BCUT2D eigenvalue weighted by atomic mass is 10.0. The Morgan fingerprint density at radius 2 is 1.27 bits per heavy atom. The Bertz CT molecular complexity index is 1770. The molecular formula is C39H53F3N8O9S. The molecule has 7 amide bonds. The number of benzene rings is 2.